The fourth-order valence-electron chi connectivity index (χ4n) is 3.68. The highest BCUT2D eigenvalue weighted by Crippen LogP contribution is 2.40. The van der Waals surface area contributed by atoms with E-state index in [1.165, 1.54) is 24.6 Å². The molecule has 0 saturated heterocycles. The maximum atomic E-state index is 12.6. The third-order valence-electron chi connectivity index (χ3n) is 5.08. The lowest BCUT2D eigenvalue weighted by Gasteiger charge is -2.14. The topological polar surface area (TPSA) is 53.8 Å². The number of hydrogen-bond donors (Lipinski definition) is 1. The van der Waals surface area contributed by atoms with Gasteiger partial charge in [0.2, 0.25) is 5.91 Å². The molecule has 1 aliphatic heterocycles. The number of amides is 1. The molecule has 2 aromatic rings. The van der Waals surface area contributed by atoms with E-state index >= 15 is 0 Å². The first-order chi connectivity index (χ1) is 13.1. The van der Waals surface area contributed by atoms with E-state index in [4.69, 9.17) is 9.98 Å². The van der Waals surface area contributed by atoms with Crippen LogP contribution in [0.4, 0.5) is 5.69 Å². The number of thioether (sulfide) groups is 1. The molecule has 0 bridgehead atoms. The Balaban J connectivity index is 1.48. The zero-order valence-electron chi connectivity index (χ0n) is 15.6. The zero-order chi connectivity index (χ0) is 18.9. The Morgan fingerprint density at radius 3 is 2.56 bits per heavy atom. The Kier molecular flexibility index (Phi) is 5.19. The maximum absolute atomic E-state index is 12.6. The lowest BCUT2D eigenvalue weighted by Crippen LogP contribution is -2.18. The molecule has 1 aromatic carbocycles. The first-order valence-electron chi connectivity index (χ1n) is 9.29. The van der Waals surface area contributed by atoms with Gasteiger partial charge in [-0.1, -0.05) is 36.0 Å². The Morgan fingerprint density at radius 2 is 1.89 bits per heavy atom. The Bertz CT molecular complexity index is 889. The predicted molar refractivity (Wildman–Crippen MR) is 116 cm³/mol. The van der Waals surface area contributed by atoms with E-state index in [0.29, 0.717) is 5.75 Å². The number of aryl methyl sites for hydroxylation is 2. The van der Waals surface area contributed by atoms with Gasteiger partial charge in [-0.25, -0.2) is 4.99 Å². The SMILES string of the molecule is Cc1cccc(C)c1NC(=O)CSC1=NC2(CCCC2)N=C1c1cccs1. The number of nitrogens with zero attached hydrogens (tertiary/aromatic N) is 2. The predicted octanol–water partition coefficient (Wildman–Crippen LogP) is 5.21. The van der Waals surface area contributed by atoms with Crippen LogP contribution in [0.5, 0.6) is 0 Å². The van der Waals surface area contributed by atoms with Crippen LogP contribution in [0.1, 0.15) is 41.7 Å². The average molecular weight is 398 g/mol. The van der Waals surface area contributed by atoms with Crippen molar-refractivity contribution >= 4 is 45.4 Å². The summed E-state index contributed by atoms with van der Waals surface area (Å²) in [5.74, 6) is 0.339. The van der Waals surface area contributed by atoms with Gasteiger partial charge in [0.1, 0.15) is 10.8 Å². The highest BCUT2D eigenvalue weighted by molar-refractivity contribution is 8.16. The first-order valence-corrected chi connectivity index (χ1v) is 11.2. The van der Waals surface area contributed by atoms with Crippen molar-refractivity contribution < 1.29 is 4.79 Å². The third kappa shape index (κ3) is 3.87. The van der Waals surface area contributed by atoms with E-state index < -0.39 is 0 Å². The van der Waals surface area contributed by atoms with Crippen molar-refractivity contribution in [3.63, 3.8) is 0 Å². The minimum Gasteiger partial charge on any atom is -0.325 e. The second kappa shape index (κ2) is 7.60. The number of hydrogen-bond acceptors (Lipinski definition) is 5. The van der Waals surface area contributed by atoms with Gasteiger partial charge in [-0.15, -0.1) is 11.3 Å². The molecule has 1 aliphatic carbocycles. The molecule has 1 aromatic heterocycles. The van der Waals surface area contributed by atoms with Crippen LogP contribution in [0, 0.1) is 13.8 Å². The smallest absolute Gasteiger partial charge is 0.234 e. The molecule has 1 amide bonds. The molecule has 2 aliphatic rings. The van der Waals surface area contributed by atoms with Gasteiger partial charge < -0.3 is 5.32 Å². The summed E-state index contributed by atoms with van der Waals surface area (Å²) < 4.78 is 0. The molecule has 4 nitrogen and oxygen atoms in total. The minimum absolute atomic E-state index is 0.00185. The second-order valence-corrected chi connectivity index (χ2v) is 9.06. The molecule has 4 rings (SSSR count). The van der Waals surface area contributed by atoms with E-state index in [1.54, 1.807) is 11.3 Å². The van der Waals surface area contributed by atoms with Crippen LogP contribution in [0.2, 0.25) is 0 Å². The number of anilines is 1. The molecule has 1 fully saturated rings. The number of para-hydroxylation sites is 1. The number of benzene rings is 1. The van der Waals surface area contributed by atoms with Crippen LogP contribution in [-0.4, -0.2) is 28.1 Å². The molecular weight excluding hydrogens is 374 g/mol. The van der Waals surface area contributed by atoms with Crippen molar-refractivity contribution in [1.82, 2.24) is 0 Å². The standard InChI is InChI=1S/C21H23N3OS2/c1-14-7-5-8-15(2)18(14)22-17(25)13-27-20-19(16-9-6-12-26-16)23-21(24-20)10-3-4-11-21/h5-9,12H,3-4,10-11,13H2,1-2H3,(H,22,25). The highest BCUT2D eigenvalue weighted by atomic mass is 32.2. The van der Waals surface area contributed by atoms with E-state index in [0.717, 1.165) is 45.3 Å². The van der Waals surface area contributed by atoms with Crippen LogP contribution in [0.15, 0.2) is 45.7 Å². The van der Waals surface area contributed by atoms with Crippen molar-refractivity contribution in [2.45, 2.75) is 45.2 Å². The van der Waals surface area contributed by atoms with Crippen molar-refractivity contribution in [3.8, 4) is 0 Å². The monoisotopic (exact) mass is 397 g/mol. The van der Waals surface area contributed by atoms with Crippen molar-refractivity contribution in [2.24, 2.45) is 9.98 Å². The quantitative estimate of drug-likeness (QED) is 0.770. The van der Waals surface area contributed by atoms with Crippen LogP contribution >= 0.6 is 23.1 Å². The normalized spacial score (nSPS) is 17.9. The molecule has 0 unspecified atom stereocenters. The maximum Gasteiger partial charge on any atom is 0.234 e. The number of carbonyl (C=O) groups excluding carboxylic acids is 1. The zero-order valence-corrected chi connectivity index (χ0v) is 17.3. The minimum atomic E-state index is -0.273. The van der Waals surface area contributed by atoms with Crippen LogP contribution in [0.3, 0.4) is 0 Å². The second-order valence-electron chi connectivity index (χ2n) is 7.15. The van der Waals surface area contributed by atoms with Gasteiger partial charge in [0.15, 0.2) is 5.66 Å². The Labute approximate surface area is 168 Å². The summed E-state index contributed by atoms with van der Waals surface area (Å²) >= 11 is 3.19. The van der Waals surface area contributed by atoms with Crippen LogP contribution < -0.4 is 5.32 Å². The molecule has 0 radical (unpaired) electrons. The van der Waals surface area contributed by atoms with Gasteiger partial charge >= 0.3 is 0 Å². The number of carbonyl (C=O) groups is 1. The molecule has 0 atom stereocenters. The number of thiophene rings is 1. The van der Waals surface area contributed by atoms with E-state index in [9.17, 15) is 4.79 Å². The van der Waals surface area contributed by atoms with Crippen LogP contribution in [0.25, 0.3) is 0 Å². The van der Waals surface area contributed by atoms with Gasteiger partial charge in [-0.3, -0.25) is 9.79 Å². The lowest BCUT2D eigenvalue weighted by atomic mass is 10.1. The molecule has 140 valence electrons. The van der Waals surface area contributed by atoms with Gasteiger partial charge in [0.05, 0.1) is 10.6 Å². The van der Waals surface area contributed by atoms with E-state index in [2.05, 4.69) is 16.8 Å². The lowest BCUT2D eigenvalue weighted by molar-refractivity contribution is -0.113. The van der Waals surface area contributed by atoms with Crippen molar-refractivity contribution in [3.05, 3.63) is 51.7 Å². The Hall–Kier alpha value is -1.92. The summed E-state index contributed by atoms with van der Waals surface area (Å²) in [7, 11) is 0. The third-order valence-corrected chi connectivity index (χ3v) is 6.92. The van der Waals surface area contributed by atoms with Gasteiger partial charge in [-0.2, -0.15) is 0 Å². The van der Waals surface area contributed by atoms with Gasteiger partial charge in [0.25, 0.3) is 0 Å². The molecule has 27 heavy (non-hydrogen) atoms. The summed E-state index contributed by atoms with van der Waals surface area (Å²) in [5.41, 5.74) is 3.77. The Morgan fingerprint density at radius 1 is 1.15 bits per heavy atom. The summed E-state index contributed by atoms with van der Waals surface area (Å²) in [6.45, 7) is 4.03. The number of rotatable bonds is 4. The molecule has 6 heteroatoms. The average Bonchev–Trinajstić information content (AvgIpc) is 3.39. The summed E-state index contributed by atoms with van der Waals surface area (Å²) in [6.07, 6.45) is 4.38. The molecule has 1 saturated carbocycles. The van der Waals surface area contributed by atoms with E-state index in [-0.39, 0.29) is 11.6 Å². The van der Waals surface area contributed by atoms with E-state index in [1.807, 2.05) is 38.1 Å². The summed E-state index contributed by atoms with van der Waals surface area (Å²) in [4.78, 5) is 23.7. The fourth-order valence-corrected chi connectivity index (χ4v) is 5.33. The first kappa shape index (κ1) is 18.4. The van der Waals surface area contributed by atoms with Gasteiger partial charge in [-0.05, 0) is 62.1 Å². The summed E-state index contributed by atoms with van der Waals surface area (Å²) in [5, 5.41) is 6.04. The number of aliphatic imine (C=N–C) groups is 2. The van der Waals surface area contributed by atoms with Crippen molar-refractivity contribution in [2.75, 3.05) is 11.1 Å². The van der Waals surface area contributed by atoms with Crippen molar-refractivity contribution in [1.29, 1.82) is 0 Å². The largest absolute Gasteiger partial charge is 0.325 e. The summed E-state index contributed by atoms with van der Waals surface area (Å²) in [6, 6.07) is 10.2. The van der Waals surface area contributed by atoms with Gasteiger partial charge in [0, 0.05) is 5.69 Å². The molecule has 1 N–H and O–H groups in total. The fraction of sp³-hybridized carbons (Fsp3) is 0.381. The number of nitrogens with one attached hydrogen (secondary N) is 1. The molecule has 1 spiro atoms. The van der Waals surface area contributed by atoms with Crippen LogP contribution in [-0.2, 0) is 4.79 Å². The molecule has 2 heterocycles. The highest BCUT2D eigenvalue weighted by Gasteiger charge is 2.39. The molecular formula is C21H23N3OS2.